The van der Waals surface area contributed by atoms with Crippen LogP contribution in [0.3, 0.4) is 0 Å². The Hall–Kier alpha value is -1.65. The summed E-state index contributed by atoms with van der Waals surface area (Å²) in [4.78, 5) is 10.6. The molecule has 0 bridgehead atoms. The van der Waals surface area contributed by atoms with Gasteiger partial charge in [0.15, 0.2) is 17.8 Å². The van der Waals surface area contributed by atoms with Gasteiger partial charge >= 0.3 is 6.61 Å². The molecule has 88 valence electrons. The maximum absolute atomic E-state index is 12.0. The Labute approximate surface area is 91.7 Å². The van der Waals surface area contributed by atoms with E-state index in [1.807, 2.05) is 13.8 Å². The number of aldehydes is 1. The molecule has 0 radical (unpaired) electrons. The third-order valence-electron chi connectivity index (χ3n) is 2.14. The average Bonchev–Trinajstić information content (AvgIpc) is 2.20. The van der Waals surface area contributed by atoms with E-state index in [2.05, 4.69) is 4.74 Å². The second-order valence-corrected chi connectivity index (χ2v) is 3.61. The molecule has 0 saturated heterocycles. The van der Waals surface area contributed by atoms with Gasteiger partial charge in [-0.25, -0.2) is 0 Å². The molecule has 0 aliphatic rings. The van der Waals surface area contributed by atoms with Gasteiger partial charge in [-0.05, 0) is 23.6 Å². The molecule has 0 spiro atoms. The third-order valence-corrected chi connectivity index (χ3v) is 2.14. The number of aromatic hydroxyl groups is 1. The molecule has 1 N–H and O–H groups in total. The van der Waals surface area contributed by atoms with Gasteiger partial charge in [-0.1, -0.05) is 13.8 Å². The van der Waals surface area contributed by atoms with Crippen molar-refractivity contribution in [3.63, 3.8) is 0 Å². The highest BCUT2D eigenvalue weighted by molar-refractivity contribution is 5.81. The molecule has 0 fully saturated rings. The summed E-state index contributed by atoms with van der Waals surface area (Å²) >= 11 is 0. The summed E-state index contributed by atoms with van der Waals surface area (Å²) < 4.78 is 28.2. The number of benzene rings is 1. The number of alkyl halides is 2. The molecule has 0 aliphatic heterocycles. The summed E-state index contributed by atoms with van der Waals surface area (Å²) in [6.45, 7) is 0.646. The number of carbonyl (C=O) groups excluding carboxylic acids is 1. The molecule has 5 heteroatoms. The second-order valence-electron chi connectivity index (χ2n) is 3.61. The molecule has 0 aliphatic carbocycles. The van der Waals surface area contributed by atoms with Crippen LogP contribution in [0.5, 0.6) is 11.5 Å². The van der Waals surface area contributed by atoms with E-state index in [-0.39, 0.29) is 17.2 Å². The summed E-state index contributed by atoms with van der Waals surface area (Å²) in [6, 6.07) is 2.75. The van der Waals surface area contributed by atoms with Gasteiger partial charge in [0.1, 0.15) is 0 Å². The first-order valence-corrected chi connectivity index (χ1v) is 4.72. The summed E-state index contributed by atoms with van der Waals surface area (Å²) in [7, 11) is 0. The third kappa shape index (κ3) is 2.68. The number of hydrogen-bond acceptors (Lipinski definition) is 3. The Morgan fingerprint density at radius 1 is 1.38 bits per heavy atom. The first-order valence-electron chi connectivity index (χ1n) is 4.72. The predicted molar refractivity (Wildman–Crippen MR) is 54.2 cm³/mol. The monoisotopic (exact) mass is 230 g/mol. The molecule has 1 rings (SSSR count). The van der Waals surface area contributed by atoms with Gasteiger partial charge in [0.2, 0.25) is 0 Å². The van der Waals surface area contributed by atoms with E-state index in [0.29, 0.717) is 11.8 Å². The lowest BCUT2D eigenvalue weighted by Gasteiger charge is -2.12. The van der Waals surface area contributed by atoms with E-state index in [1.165, 1.54) is 12.1 Å². The molecule has 0 saturated carbocycles. The number of phenolic OH excluding ortho intramolecular Hbond substituents is 1. The fourth-order valence-electron chi connectivity index (χ4n) is 1.26. The van der Waals surface area contributed by atoms with Gasteiger partial charge in [0.05, 0.1) is 5.56 Å². The van der Waals surface area contributed by atoms with Gasteiger partial charge in [0, 0.05) is 0 Å². The van der Waals surface area contributed by atoms with Crippen molar-refractivity contribution in [1.82, 2.24) is 0 Å². The van der Waals surface area contributed by atoms with Gasteiger partial charge in [0.25, 0.3) is 0 Å². The van der Waals surface area contributed by atoms with Crippen molar-refractivity contribution in [1.29, 1.82) is 0 Å². The number of ether oxygens (including phenoxy) is 1. The van der Waals surface area contributed by atoms with Crippen molar-refractivity contribution in [2.45, 2.75) is 26.4 Å². The largest absolute Gasteiger partial charge is 0.504 e. The average molecular weight is 230 g/mol. The van der Waals surface area contributed by atoms with Crippen LogP contribution in [0.25, 0.3) is 0 Å². The molecule has 0 aromatic heterocycles. The second kappa shape index (κ2) is 4.92. The first kappa shape index (κ1) is 12.4. The van der Waals surface area contributed by atoms with E-state index >= 15 is 0 Å². The maximum Gasteiger partial charge on any atom is 0.387 e. The normalized spacial score (nSPS) is 10.9. The van der Waals surface area contributed by atoms with E-state index in [1.54, 1.807) is 0 Å². The van der Waals surface area contributed by atoms with Gasteiger partial charge < -0.3 is 9.84 Å². The minimum atomic E-state index is -3.03. The lowest BCUT2D eigenvalue weighted by molar-refractivity contribution is -0.0513. The zero-order chi connectivity index (χ0) is 12.3. The summed E-state index contributed by atoms with van der Waals surface area (Å²) in [5.74, 6) is -0.887. The van der Waals surface area contributed by atoms with Crippen LogP contribution in [0.1, 0.15) is 35.7 Å². The Balaban J connectivity index is 3.24. The number of rotatable bonds is 4. The molecule has 0 atom stereocenters. The molecule has 0 unspecified atom stereocenters. The van der Waals surface area contributed by atoms with Crippen LogP contribution in [0.2, 0.25) is 0 Å². The van der Waals surface area contributed by atoms with E-state index in [0.717, 1.165) is 0 Å². The Morgan fingerprint density at radius 2 is 2.00 bits per heavy atom. The van der Waals surface area contributed by atoms with Crippen LogP contribution < -0.4 is 4.74 Å². The van der Waals surface area contributed by atoms with Crippen LogP contribution >= 0.6 is 0 Å². The van der Waals surface area contributed by atoms with Crippen molar-refractivity contribution in [3.8, 4) is 11.5 Å². The fourth-order valence-corrected chi connectivity index (χ4v) is 1.26. The SMILES string of the molecule is CC(C)c1cc(C=O)c(O)c(OC(F)F)c1. The number of hydrogen-bond donors (Lipinski definition) is 1. The molecular formula is C11H12F2O3. The Kier molecular flexibility index (Phi) is 3.82. The van der Waals surface area contributed by atoms with E-state index in [4.69, 9.17) is 0 Å². The van der Waals surface area contributed by atoms with Crippen molar-refractivity contribution < 1.29 is 23.4 Å². The van der Waals surface area contributed by atoms with Crippen LogP contribution in [0.4, 0.5) is 8.78 Å². The Morgan fingerprint density at radius 3 is 2.44 bits per heavy atom. The van der Waals surface area contributed by atoms with Crippen molar-refractivity contribution in [2.24, 2.45) is 0 Å². The smallest absolute Gasteiger partial charge is 0.387 e. The number of halogens is 2. The zero-order valence-corrected chi connectivity index (χ0v) is 8.91. The molecule has 3 nitrogen and oxygen atoms in total. The van der Waals surface area contributed by atoms with Crippen LogP contribution in [0, 0.1) is 0 Å². The van der Waals surface area contributed by atoms with E-state index in [9.17, 15) is 18.7 Å². The molecule has 1 aromatic rings. The number of phenols is 1. The zero-order valence-electron chi connectivity index (χ0n) is 8.91. The highest BCUT2D eigenvalue weighted by atomic mass is 19.3. The predicted octanol–water partition coefficient (Wildman–Crippen LogP) is 2.93. The Bertz CT molecular complexity index is 389. The van der Waals surface area contributed by atoms with Crippen LogP contribution in [0.15, 0.2) is 12.1 Å². The van der Waals surface area contributed by atoms with E-state index < -0.39 is 12.4 Å². The van der Waals surface area contributed by atoms with Crippen molar-refractivity contribution in [3.05, 3.63) is 23.3 Å². The summed E-state index contributed by atoms with van der Waals surface area (Å²) in [5.41, 5.74) is 0.595. The molecule has 0 amide bonds. The summed E-state index contributed by atoms with van der Waals surface area (Å²) in [6.07, 6.45) is 0.402. The summed E-state index contributed by atoms with van der Waals surface area (Å²) in [5, 5.41) is 9.45. The standard InChI is InChI=1S/C11H12F2O3/c1-6(2)7-3-8(5-14)10(15)9(4-7)16-11(12)13/h3-6,11,15H,1-2H3. The van der Waals surface area contributed by atoms with Crippen LogP contribution in [-0.4, -0.2) is 18.0 Å². The number of carbonyl (C=O) groups is 1. The van der Waals surface area contributed by atoms with Gasteiger partial charge in [-0.2, -0.15) is 8.78 Å². The maximum atomic E-state index is 12.0. The molecular weight excluding hydrogens is 218 g/mol. The molecule has 0 heterocycles. The minimum absolute atomic E-state index is 0.0410. The van der Waals surface area contributed by atoms with Gasteiger partial charge in [-0.15, -0.1) is 0 Å². The quantitative estimate of drug-likeness (QED) is 0.809. The molecule has 1 aromatic carbocycles. The first-order chi connectivity index (χ1) is 7.45. The fraction of sp³-hybridized carbons (Fsp3) is 0.364. The van der Waals surface area contributed by atoms with Gasteiger partial charge in [-0.3, -0.25) is 4.79 Å². The highest BCUT2D eigenvalue weighted by Crippen LogP contribution is 2.34. The minimum Gasteiger partial charge on any atom is -0.504 e. The van der Waals surface area contributed by atoms with Crippen molar-refractivity contribution >= 4 is 6.29 Å². The van der Waals surface area contributed by atoms with Crippen LogP contribution in [-0.2, 0) is 0 Å². The molecule has 16 heavy (non-hydrogen) atoms. The topological polar surface area (TPSA) is 46.5 Å². The lowest BCUT2D eigenvalue weighted by Crippen LogP contribution is -2.04. The highest BCUT2D eigenvalue weighted by Gasteiger charge is 2.15. The lowest BCUT2D eigenvalue weighted by atomic mass is 10.00. The van der Waals surface area contributed by atoms with Crippen molar-refractivity contribution in [2.75, 3.05) is 0 Å².